The van der Waals surface area contributed by atoms with E-state index in [1.54, 1.807) is 18.2 Å². The number of halogens is 2. The maximum Gasteiger partial charge on any atom is 0.142 e. The van der Waals surface area contributed by atoms with Crippen molar-refractivity contribution in [1.29, 1.82) is 5.26 Å². The number of nitrogen functional groups attached to an aromatic ring is 1. The Morgan fingerprint density at radius 1 is 1.26 bits per heavy atom. The van der Waals surface area contributed by atoms with Crippen LogP contribution in [0.5, 0.6) is 5.75 Å². The number of nitriles is 1. The average Bonchev–Trinajstić information content (AvgIpc) is 2.39. The maximum atomic E-state index is 13.5. The smallest absolute Gasteiger partial charge is 0.142 e. The standard InChI is InChI=1S/C14H10BrFN2O/c15-11-2-4-14(13(18)6-11)19-8-10-5-9(7-17)1-3-12(10)16/h1-6H,8,18H2. The van der Waals surface area contributed by atoms with Gasteiger partial charge in [0.2, 0.25) is 0 Å². The fourth-order valence-electron chi connectivity index (χ4n) is 1.56. The second kappa shape index (κ2) is 5.72. The van der Waals surface area contributed by atoms with Gasteiger partial charge in [0, 0.05) is 10.0 Å². The van der Waals surface area contributed by atoms with Gasteiger partial charge < -0.3 is 10.5 Å². The molecule has 2 rings (SSSR count). The van der Waals surface area contributed by atoms with Crippen molar-refractivity contribution in [3.05, 3.63) is 57.8 Å². The summed E-state index contributed by atoms with van der Waals surface area (Å²) in [6, 6.07) is 11.3. The molecule has 0 saturated heterocycles. The van der Waals surface area contributed by atoms with Gasteiger partial charge in [0.25, 0.3) is 0 Å². The summed E-state index contributed by atoms with van der Waals surface area (Å²) in [6.45, 7) is 0.0210. The van der Waals surface area contributed by atoms with Gasteiger partial charge in [0.05, 0.1) is 17.3 Å². The molecule has 0 bridgehead atoms. The molecular formula is C14H10BrFN2O. The predicted molar refractivity (Wildman–Crippen MR) is 74.0 cm³/mol. The van der Waals surface area contributed by atoms with Crippen molar-refractivity contribution in [2.24, 2.45) is 0 Å². The van der Waals surface area contributed by atoms with Crippen molar-refractivity contribution in [3.8, 4) is 11.8 Å². The Kier molecular flexibility index (Phi) is 4.03. The topological polar surface area (TPSA) is 59.0 Å². The minimum absolute atomic E-state index is 0.0210. The van der Waals surface area contributed by atoms with Crippen LogP contribution in [0.3, 0.4) is 0 Å². The molecule has 2 aromatic carbocycles. The number of ether oxygens (including phenoxy) is 1. The van der Waals surface area contributed by atoms with Crippen LogP contribution in [0.25, 0.3) is 0 Å². The van der Waals surface area contributed by atoms with Crippen molar-refractivity contribution in [2.75, 3.05) is 5.73 Å². The molecule has 3 nitrogen and oxygen atoms in total. The molecule has 0 aromatic heterocycles. The fraction of sp³-hybridized carbons (Fsp3) is 0.0714. The van der Waals surface area contributed by atoms with Crippen LogP contribution in [0.1, 0.15) is 11.1 Å². The molecule has 0 radical (unpaired) electrons. The molecule has 0 aliphatic heterocycles. The highest BCUT2D eigenvalue weighted by Crippen LogP contribution is 2.26. The molecule has 0 saturated carbocycles. The summed E-state index contributed by atoms with van der Waals surface area (Å²) in [7, 11) is 0. The fourth-order valence-corrected chi connectivity index (χ4v) is 1.94. The van der Waals surface area contributed by atoms with E-state index in [1.807, 2.05) is 6.07 Å². The van der Waals surface area contributed by atoms with Crippen LogP contribution in [-0.4, -0.2) is 0 Å². The molecule has 0 heterocycles. The van der Waals surface area contributed by atoms with Crippen LogP contribution in [0.15, 0.2) is 40.9 Å². The van der Waals surface area contributed by atoms with Gasteiger partial charge in [-0.15, -0.1) is 0 Å². The quantitative estimate of drug-likeness (QED) is 0.879. The Morgan fingerprint density at radius 3 is 2.74 bits per heavy atom. The largest absolute Gasteiger partial charge is 0.487 e. The normalized spacial score (nSPS) is 9.95. The first kappa shape index (κ1) is 13.4. The molecule has 0 aliphatic rings. The second-order valence-electron chi connectivity index (χ2n) is 3.89. The van der Waals surface area contributed by atoms with E-state index in [1.165, 1.54) is 18.2 Å². The molecule has 19 heavy (non-hydrogen) atoms. The summed E-state index contributed by atoms with van der Waals surface area (Å²) in [5, 5.41) is 8.77. The Morgan fingerprint density at radius 2 is 2.05 bits per heavy atom. The van der Waals surface area contributed by atoms with Gasteiger partial charge in [0.1, 0.15) is 18.2 Å². The molecule has 5 heteroatoms. The van der Waals surface area contributed by atoms with Gasteiger partial charge in [-0.1, -0.05) is 15.9 Å². The molecule has 0 atom stereocenters. The summed E-state index contributed by atoms with van der Waals surface area (Å²) < 4.78 is 19.9. The van der Waals surface area contributed by atoms with Crippen LogP contribution in [0.4, 0.5) is 10.1 Å². The van der Waals surface area contributed by atoms with Crippen LogP contribution >= 0.6 is 15.9 Å². The van der Waals surface area contributed by atoms with Gasteiger partial charge in [-0.2, -0.15) is 5.26 Å². The zero-order valence-electron chi connectivity index (χ0n) is 9.86. The van der Waals surface area contributed by atoms with Crippen molar-refractivity contribution in [2.45, 2.75) is 6.61 Å². The third kappa shape index (κ3) is 3.24. The molecule has 2 aromatic rings. The van der Waals surface area contributed by atoms with Crippen LogP contribution in [0, 0.1) is 17.1 Å². The second-order valence-corrected chi connectivity index (χ2v) is 4.80. The minimum Gasteiger partial charge on any atom is -0.487 e. The van der Waals surface area contributed by atoms with Crippen molar-refractivity contribution in [1.82, 2.24) is 0 Å². The van der Waals surface area contributed by atoms with Crippen LogP contribution in [-0.2, 0) is 6.61 Å². The number of nitrogens with two attached hydrogens (primary N) is 1. The highest BCUT2D eigenvalue weighted by molar-refractivity contribution is 9.10. The van der Waals surface area contributed by atoms with Gasteiger partial charge in [0.15, 0.2) is 0 Å². The number of anilines is 1. The average molecular weight is 321 g/mol. The predicted octanol–water partition coefficient (Wildman–Crippen LogP) is 3.62. The van der Waals surface area contributed by atoms with Crippen LogP contribution < -0.4 is 10.5 Å². The van der Waals surface area contributed by atoms with E-state index < -0.39 is 5.82 Å². The third-order valence-electron chi connectivity index (χ3n) is 2.53. The molecule has 0 fully saturated rings. The lowest BCUT2D eigenvalue weighted by Crippen LogP contribution is -2.01. The number of hydrogen-bond acceptors (Lipinski definition) is 3. The van der Waals surface area contributed by atoms with Gasteiger partial charge in [-0.25, -0.2) is 4.39 Å². The number of hydrogen-bond donors (Lipinski definition) is 1. The first-order valence-electron chi connectivity index (χ1n) is 5.46. The molecule has 0 unspecified atom stereocenters. The minimum atomic E-state index is -0.408. The Labute approximate surface area is 118 Å². The van der Waals surface area contributed by atoms with E-state index in [0.717, 1.165) is 4.47 Å². The molecule has 2 N–H and O–H groups in total. The SMILES string of the molecule is N#Cc1ccc(F)c(COc2ccc(Br)cc2N)c1. The van der Waals surface area contributed by atoms with E-state index in [2.05, 4.69) is 15.9 Å². The third-order valence-corrected chi connectivity index (χ3v) is 3.02. The molecule has 0 spiro atoms. The Hall–Kier alpha value is -2.06. The number of nitrogens with zero attached hydrogens (tertiary/aromatic N) is 1. The summed E-state index contributed by atoms with van der Waals surface area (Å²) >= 11 is 3.29. The van der Waals surface area contributed by atoms with E-state index in [-0.39, 0.29) is 6.61 Å². The van der Waals surface area contributed by atoms with Gasteiger partial charge >= 0.3 is 0 Å². The van der Waals surface area contributed by atoms with Crippen molar-refractivity contribution in [3.63, 3.8) is 0 Å². The Balaban J connectivity index is 2.16. The summed E-state index contributed by atoms with van der Waals surface area (Å²) in [4.78, 5) is 0. The molecular weight excluding hydrogens is 311 g/mol. The molecule has 0 aliphatic carbocycles. The molecule has 96 valence electrons. The summed E-state index contributed by atoms with van der Waals surface area (Å²) in [6.07, 6.45) is 0. The lowest BCUT2D eigenvalue weighted by atomic mass is 10.1. The van der Waals surface area contributed by atoms with E-state index in [9.17, 15) is 4.39 Å². The number of rotatable bonds is 3. The van der Waals surface area contributed by atoms with Gasteiger partial charge in [-0.05, 0) is 36.4 Å². The first-order chi connectivity index (χ1) is 9.10. The maximum absolute atomic E-state index is 13.5. The lowest BCUT2D eigenvalue weighted by Gasteiger charge is -2.10. The number of benzene rings is 2. The Bertz CT molecular complexity index is 652. The zero-order chi connectivity index (χ0) is 13.8. The highest BCUT2D eigenvalue weighted by atomic mass is 79.9. The highest BCUT2D eigenvalue weighted by Gasteiger charge is 2.06. The van der Waals surface area contributed by atoms with Crippen molar-refractivity contribution < 1.29 is 9.13 Å². The van der Waals surface area contributed by atoms with Crippen LogP contribution in [0.2, 0.25) is 0 Å². The zero-order valence-corrected chi connectivity index (χ0v) is 11.4. The first-order valence-corrected chi connectivity index (χ1v) is 6.26. The lowest BCUT2D eigenvalue weighted by molar-refractivity contribution is 0.301. The van der Waals surface area contributed by atoms with Gasteiger partial charge in [-0.3, -0.25) is 0 Å². The van der Waals surface area contributed by atoms with E-state index in [0.29, 0.717) is 22.6 Å². The summed E-state index contributed by atoms with van der Waals surface area (Å²) in [5.41, 5.74) is 6.96. The molecule has 0 amide bonds. The van der Waals surface area contributed by atoms with E-state index >= 15 is 0 Å². The monoisotopic (exact) mass is 320 g/mol. The van der Waals surface area contributed by atoms with E-state index in [4.69, 9.17) is 15.7 Å². The van der Waals surface area contributed by atoms with Crippen molar-refractivity contribution >= 4 is 21.6 Å². The summed E-state index contributed by atoms with van der Waals surface area (Å²) in [5.74, 6) is 0.0691.